The summed E-state index contributed by atoms with van der Waals surface area (Å²) in [6, 6.07) is 14.4. The summed E-state index contributed by atoms with van der Waals surface area (Å²) in [5.74, 6) is -0.378. The van der Waals surface area contributed by atoms with Crippen LogP contribution in [0.1, 0.15) is 29.2 Å². The molecule has 2 aromatic rings. The molecule has 20 heavy (non-hydrogen) atoms. The molecule has 1 aliphatic rings. The summed E-state index contributed by atoms with van der Waals surface area (Å²) in [5.41, 5.74) is 7.99. The second-order valence-electron chi connectivity index (χ2n) is 5.44. The van der Waals surface area contributed by atoms with Crippen LogP contribution in [0.3, 0.4) is 0 Å². The second-order valence-corrected chi connectivity index (χ2v) is 5.44. The Bertz CT molecular complexity index is 628. The molecule has 0 saturated carbocycles. The number of hydrogen-bond donors (Lipinski definition) is 2. The van der Waals surface area contributed by atoms with Crippen molar-refractivity contribution < 1.29 is 9.50 Å². The smallest absolute Gasteiger partial charge is 0.129 e. The van der Waals surface area contributed by atoms with Crippen molar-refractivity contribution >= 4 is 0 Å². The number of hydrogen-bond acceptors (Lipinski definition) is 2. The first-order chi connectivity index (χ1) is 9.69. The van der Waals surface area contributed by atoms with Crippen molar-refractivity contribution in [1.82, 2.24) is 0 Å². The first-order valence-electron chi connectivity index (χ1n) is 6.90. The van der Waals surface area contributed by atoms with Crippen LogP contribution in [0.2, 0.25) is 0 Å². The lowest BCUT2D eigenvalue weighted by Crippen LogP contribution is -2.39. The largest absolute Gasteiger partial charge is 0.387 e. The maximum Gasteiger partial charge on any atom is 0.129 e. The third-order valence-corrected chi connectivity index (χ3v) is 4.48. The number of halogens is 1. The summed E-state index contributed by atoms with van der Waals surface area (Å²) in [6.07, 6.45) is 0.703. The monoisotopic (exact) mass is 271 g/mol. The topological polar surface area (TPSA) is 46.2 Å². The van der Waals surface area contributed by atoms with Crippen LogP contribution in [0.4, 0.5) is 4.39 Å². The van der Waals surface area contributed by atoms with Crippen LogP contribution in [-0.2, 0) is 11.8 Å². The van der Waals surface area contributed by atoms with E-state index < -0.39 is 11.5 Å². The zero-order valence-electron chi connectivity index (χ0n) is 11.2. The van der Waals surface area contributed by atoms with E-state index in [1.165, 1.54) is 11.6 Å². The van der Waals surface area contributed by atoms with Crippen LogP contribution in [-0.4, -0.2) is 11.7 Å². The van der Waals surface area contributed by atoms with Gasteiger partial charge in [0, 0.05) is 17.5 Å². The van der Waals surface area contributed by atoms with Gasteiger partial charge in [-0.2, -0.15) is 0 Å². The molecule has 0 aromatic heterocycles. The van der Waals surface area contributed by atoms with Gasteiger partial charge < -0.3 is 10.8 Å². The highest BCUT2D eigenvalue weighted by Gasteiger charge is 2.44. The molecule has 0 saturated heterocycles. The Morgan fingerprint density at radius 3 is 2.60 bits per heavy atom. The zero-order valence-corrected chi connectivity index (χ0v) is 11.2. The predicted molar refractivity (Wildman–Crippen MR) is 76.9 cm³/mol. The Kier molecular flexibility index (Phi) is 3.32. The molecule has 104 valence electrons. The standard InChI is InChI=1S/C17H18FNO/c18-15-8-4-2-6-13(15)16(20)17(11-19)10-9-12-5-1-3-7-14(12)17/h1-8,16,20H,9-11,19H2. The van der Waals surface area contributed by atoms with Crippen molar-refractivity contribution in [3.63, 3.8) is 0 Å². The van der Waals surface area contributed by atoms with Gasteiger partial charge in [0.1, 0.15) is 5.82 Å². The summed E-state index contributed by atoms with van der Waals surface area (Å²) in [7, 11) is 0. The number of rotatable bonds is 3. The Morgan fingerprint density at radius 2 is 1.85 bits per heavy atom. The fourth-order valence-electron chi connectivity index (χ4n) is 3.32. The summed E-state index contributed by atoms with van der Waals surface area (Å²) in [5, 5.41) is 10.8. The van der Waals surface area contributed by atoms with Gasteiger partial charge in [-0.1, -0.05) is 42.5 Å². The van der Waals surface area contributed by atoms with Crippen LogP contribution in [0.5, 0.6) is 0 Å². The Balaban J connectivity index is 2.10. The van der Waals surface area contributed by atoms with Crippen LogP contribution < -0.4 is 5.73 Å². The summed E-state index contributed by atoms with van der Waals surface area (Å²) < 4.78 is 14.0. The van der Waals surface area contributed by atoms with Crippen LogP contribution in [0, 0.1) is 5.82 Å². The quantitative estimate of drug-likeness (QED) is 0.901. The third kappa shape index (κ3) is 1.86. The fraction of sp³-hybridized carbons (Fsp3) is 0.294. The lowest BCUT2D eigenvalue weighted by atomic mass is 9.74. The second kappa shape index (κ2) is 5.00. The SMILES string of the molecule is NCC1(C(O)c2ccccc2F)CCc2ccccc21. The fourth-order valence-corrected chi connectivity index (χ4v) is 3.32. The van der Waals surface area contributed by atoms with Crippen LogP contribution >= 0.6 is 0 Å². The van der Waals surface area contributed by atoms with Gasteiger partial charge in [-0.25, -0.2) is 4.39 Å². The molecule has 0 fully saturated rings. The van der Waals surface area contributed by atoms with E-state index >= 15 is 0 Å². The van der Waals surface area contributed by atoms with Gasteiger partial charge in [-0.3, -0.25) is 0 Å². The molecule has 0 radical (unpaired) electrons. The number of aliphatic hydroxyl groups excluding tert-OH is 1. The molecule has 0 bridgehead atoms. The van der Waals surface area contributed by atoms with Gasteiger partial charge in [-0.15, -0.1) is 0 Å². The van der Waals surface area contributed by atoms with Gasteiger partial charge in [0.05, 0.1) is 6.10 Å². The van der Waals surface area contributed by atoms with Crippen molar-refractivity contribution in [2.24, 2.45) is 5.73 Å². The Labute approximate surface area is 118 Å². The normalized spacial score (nSPS) is 22.6. The molecule has 0 aliphatic heterocycles. The maximum absolute atomic E-state index is 14.0. The Hall–Kier alpha value is -1.71. The van der Waals surface area contributed by atoms with Gasteiger partial charge in [-0.05, 0) is 30.0 Å². The van der Waals surface area contributed by atoms with E-state index in [2.05, 4.69) is 6.07 Å². The number of aliphatic hydroxyl groups is 1. The minimum atomic E-state index is -0.919. The summed E-state index contributed by atoms with van der Waals surface area (Å²) in [6.45, 7) is 0.305. The molecule has 2 nitrogen and oxygen atoms in total. The molecular weight excluding hydrogens is 253 g/mol. The van der Waals surface area contributed by atoms with Crippen molar-refractivity contribution in [2.45, 2.75) is 24.4 Å². The highest BCUT2D eigenvalue weighted by atomic mass is 19.1. The molecule has 0 heterocycles. The number of nitrogens with two attached hydrogens (primary N) is 1. The van der Waals surface area contributed by atoms with E-state index in [9.17, 15) is 9.50 Å². The molecule has 3 N–H and O–H groups in total. The lowest BCUT2D eigenvalue weighted by molar-refractivity contribution is 0.0807. The van der Waals surface area contributed by atoms with E-state index in [1.54, 1.807) is 18.2 Å². The van der Waals surface area contributed by atoms with Gasteiger partial charge in [0.25, 0.3) is 0 Å². The van der Waals surface area contributed by atoms with Crippen molar-refractivity contribution in [3.05, 3.63) is 71.0 Å². The zero-order chi connectivity index (χ0) is 14.2. The van der Waals surface area contributed by atoms with Crippen molar-refractivity contribution in [1.29, 1.82) is 0 Å². The van der Waals surface area contributed by atoms with Crippen LogP contribution in [0.25, 0.3) is 0 Å². The Morgan fingerprint density at radius 1 is 1.15 bits per heavy atom. The van der Waals surface area contributed by atoms with Crippen molar-refractivity contribution in [2.75, 3.05) is 6.54 Å². The molecule has 3 heteroatoms. The van der Waals surface area contributed by atoms with E-state index in [0.717, 1.165) is 18.4 Å². The predicted octanol–water partition coefficient (Wildman–Crippen LogP) is 2.70. The summed E-state index contributed by atoms with van der Waals surface area (Å²) >= 11 is 0. The van der Waals surface area contributed by atoms with E-state index in [-0.39, 0.29) is 5.82 Å². The number of benzene rings is 2. The number of fused-ring (bicyclic) bond motifs is 1. The average molecular weight is 271 g/mol. The molecule has 2 atom stereocenters. The average Bonchev–Trinajstić information content (AvgIpc) is 2.87. The minimum Gasteiger partial charge on any atom is -0.387 e. The van der Waals surface area contributed by atoms with Crippen LogP contribution in [0.15, 0.2) is 48.5 Å². The highest BCUT2D eigenvalue weighted by Crippen LogP contribution is 2.47. The lowest BCUT2D eigenvalue weighted by Gasteiger charge is -2.34. The van der Waals surface area contributed by atoms with E-state index in [4.69, 9.17) is 5.73 Å². The highest BCUT2D eigenvalue weighted by molar-refractivity contribution is 5.43. The maximum atomic E-state index is 14.0. The molecule has 3 rings (SSSR count). The summed E-state index contributed by atoms with van der Waals surface area (Å²) in [4.78, 5) is 0. The minimum absolute atomic E-state index is 0.305. The van der Waals surface area contributed by atoms with E-state index in [1.807, 2.05) is 18.2 Å². The first-order valence-corrected chi connectivity index (χ1v) is 6.90. The number of aryl methyl sites for hydroxylation is 1. The molecule has 2 aromatic carbocycles. The van der Waals surface area contributed by atoms with Gasteiger partial charge in [0.2, 0.25) is 0 Å². The molecular formula is C17H18FNO. The molecule has 0 spiro atoms. The first kappa shape index (κ1) is 13.3. The molecule has 2 unspecified atom stereocenters. The van der Waals surface area contributed by atoms with Gasteiger partial charge >= 0.3 is 0 Å². The van der Waals surface area contributed by atoms with Gasteiger partial charge in [0.15, 0.2) is 0 Å². The van der Waals surface area contributed by atoms with Crippen molar-refractivity contribution in [3.8, 4) is 0 Å². The third-order valence-electron chi connectivity index (χ3n) is 4.48. The molecule has 1 aliphatic carbocycles. The molecule has 0 amide bonds. The van der Waals surface area contributed by atoms with E-state index in [0.29, 0.717) is 12.1 Å².